The Kier molecular flexibility index (Phi) is 6.47. The maximum absolute atomic E-state index is 12.5. The van der Waals surface area contributed by atoms with Gasteiger partial charge in [-0.2, -0.15) is 18.2 Å². The molecule has 0 unspecified atom stereocenters. The van der Waals surface area contributed by atoms with Gasteiger partial charge in [-0.1, -0.05) is 17.6 Å². The number of thiophene rings is 1. The Labute approximate surface area is 167 Å². The number of carbonyl (C=O) groups is 1. The van der Waals surface area contributed by atoms with E-state index in [0.29, 0.717) is 37.2 Å². The molecule has 3 heterocycles. The first-order valence-corrected chi connectivity index (χ1v) is 9.68. The lowest BCUT2D eigenvalue weighted by Gasteiger charge is -2.08. The molecule has 0 saturated heterocycles. The van der Waals surface area contributed by atoms with E-state index >= 15 is 0 Å². The number of hydrogen-bond acceptors (Lipinski definition) is 6. The minimum absolute atomic E-state index is 0.295. The van der Waals surface area contributed by atoms with Gasteiger partial charge in [0.15, 0.2) is 0 Å². The number of aryl methyl sites for hydroxylation is 1. The maximum atomic E-state index is 12.5. The minimum Gasteiger partial charge on any atom is -0.352 e. The molecule has 0 spiro atoms. The zero-order valence-electron chi connectivity index (χ0n) is 15.1. The van der Waals surface area contributed by atoms with Gasteiger partial charge >= 0.3 is 6.18 Å². The molecule has 0 aliphatic heterocycles. The van der Waals surface area contributed by atoms with Gasteiger partial charge in [-0.25, -0.2) is 0 Å². The Balaban J connectivity index is 1.38. The molecule has 11 heteroatoms. The van der Waals surface area contributed by atoms with Gasteiger partial charge in [-0.05, 0) is 36.4 Å². The predicted octanol–water partition coefficient (Wildman–Crippen LogP) is 3.65. The Morgan fingerprint density at radius 2 is 2.03 bits per heavy atom. The lowest BCUT2D eigenvalue weighted by Crippen LogP contribution is -2.31. The number of amides is 1. The van der Waals surface area contributed by atoms with E-state index in [-0.39, 0.29) is 5.56 Å². The van der Waals surface area contributed by atoms with Crippen LogP contribution in [0, 0.1) is 0 Å². The van der Waals surface area contributed by atoms with Crippen LogP contribution in [-0.4, -0.2) is 27.6 Å². The largest absolute Gasteiger partial charge is 0.431 e. The fourth-order valence-corrected chi connectivity index (χ4v) is 3.20. The van der Waals surface area contributed by atoms with E-state index < -0.39 is 23.3 Å². The molecule has 0 saturated carbocycles. The average molecular weight is 426 g/mol. The monoisotopic (exact) mass is 426 g/mol. The van der Waals surface area contributed by atoms with Crippen LogP contribution in [0.4, 0.5) is 13.2 Å². The first-order valence-electron chi connectivity index (χ1n) is 8.80. The number of H-pyrrole nitrogens is 1. The Bertz CT molecular complexity index is 1010. The first kappa shape index (κ1) is 20.8. The van der Waals surface area contributed by atoms with Crippen molar-refractivity contribution in [3.8, 4) is 10.7 Å². The third-order valence-electron chi connectivity index (χ3n) is 4.02. The molecule has 7 nitrogen and oxygen atoms in total. The molecular formula is C18H17F3N4O3S. The van der Waals surface area contributed by atoms with Crippen molar-refractivity contribution in [3.63, 3.8) is 0 Å². The summed E-state index contributed by atoms with van der Waals surface area (Å²) in [6.07, 6.45) is -1.90. The average Bonchev–Trinajstić information content (AvgIpc) is 3.35. The predicted molar refractivity (Wildman–Crippen MR) is 99.6 cm³/mol. The van der Waals surface area contributed by atoms with Crippen molar-refractivity contribution in [3.05, 3.63) is 57.1 Å². The minimum atomic E-state index is -4.67. The zero-order valence-corrected chi connectivity index (χ0v) is 15.9. The van der Waals surface area contributed by atoms with Gasteiger partial charge in [0.2, 0.25) is 11.7 Å². The van der Waals surface area contributed by atoms with E-state index in [1.807, 2.05) is 17.5 Å². The molecule has 0 atom stereocenters. The molecule has 0 aliphatic rings. The maximum Gasteiger partial charge on any atom is 0.431 e. The fraction of sp³-hybridized carbons (Fsp3) is 0.333. The summed E-state index contributed by atoms with van der Waals surface area (Å²) >= 11 is 1.52. The number of unbranched alkanes of at least 4 members (excludes halogenated alkanes) is 2. The molecule has 0 aromatic carbocycles. The molecule has 3 aromatic heterocycles. The van der Waals surface area contributed by atoms with Crippen molar-refractivity contribution in [2.45, 2.75) is 31.9 Å². The second kappa shape index (κ2) is 9.03. The zero-order chi connectivity index (χ0) is 20.9. The van der Waals surface area contributed by atoms with Crippen LogP contribution >= 0.6 is 11.3 Å². The molecule has 154 valence electrons. The van der Waals surface area contributed by atoms with Gasteiger partial charge in [0, 0.05) is 13.0 Å². The SMILES string of the molecule is O=C(NCCCCCc1nc(-c2cccs2)no1)c1ccc(C(F)(F)F)[nH]c1=O. The molecular weight excluding hydrogens is 409 g/mol. The number of aromatic amines is 1. The molecule has 3 rings (SSSR count). The standard InChI is InChI=1S/C18H17F3N4O3S/c19-18(20,21)13-8-7-11(17(27)23-13)16(26)22-9-3-1-2-6-14-24-15(25-28-14)12-5-4-10-29-12/h4-5,7-8,10H,1-3,6,9H2,(H,22,26)(H,23,27). The van der Waals surface area contributed by atoms with Gasteiger partial charge in [0.25, 0.3) is 11.5 Å². The first-order chi connectivity index (χ1) is 13.8. The second-order valence-electron chi connectivity index (χ2n) is 6.17. The van der Waals surface area contributed by atoms with Crippen LogP contribution in [0.1, 0.15) is 41.2 Å². The number of rotatable bonds is 8. The van der Waals surface area contributed by atoms with E-state index in [1.165, 1.54) is 11.3 Å². The number of carbonyl (C=O) groups excluding carboxylic acids is 1. The lowest BCUT2D eigenvalue weighted by molar-refractivity contribution is -0.141. The van der Waals surface area contributed by atoms with E-state index in [1.54, 1.807) is 4.98 Å². The molecule has 3 aromatic rings. The highest BCUT2D eigenvalue weighted by Gasteiger charge is 2.32. The van der Waals surface area contributed by atoms with Gasteiger partial charge in [-0.15, -0.1) is 11.3 Å². The van der Waals surface area contributed by atoms with Crippen LogP contribution in [0.5, 0.6) is 0 Å². The van der Waals surface area contributed by atoms with Crippen LogP contribution in [0.3, 0.4) is 0 Å². The lowest BCUT2D eigenvalue weighted by atomic mass is 10.2. The quantitative estimate of drug-likeness (QED) is 0.536. The highest BCUT2D eigenvalue weighted by atomic mass is 32.1. The number of nitrogens with one attached hydrogen (secondary N) is 2. The van der Waals surface area contributed by atoms with E-state index in [2.05, 4.69) is 15.5 Å². The van der Waals surface area contributed by atoms with Crippen molar-refractivity contribution in [2.24, 2.45) is 0 Å². The number of halogens is 3. The van der Waals surface area contributed by atoms with Crippen molar-refractivity contribution < 1.29 is 22.5 Å². The van der Waals surface area contributed by atoms with Gasteiger partial charge in [-0.3, -0.25) is 9.59 Å². The Morgan fingerprint density at radius 1 is 1.21 bits per heavy atom. The molecule has 0 aliphatic carbocycles. The van der Waals surface area contributed by atoms with Crippen LogP contribution in [0.15, 0.2) is 39.0 Å². The smallest absolute Gasteiger partial charge is 0.352 e. The van der Waals surface area contributed by atoms with Gasteiger partial charge in [0.1, 0.15) is 11.3 Å². The molecule has 0 bridgehead atoms. The number of aromatic nitrogens is 3. The summed E-state index contributed by atoms with van der Waals surface area (Å²) in [7, 11) is 0. The molecule has 0 fully saturated rings. The Hall–Kier alpha value is -2.95. The van der Waals surface area contributed by atoms with E-state index in [0.717, 1.165) is 23.8 Å². The Morgan fingerprint density at radius 3 is 2.72 bits per heavy atom. The van der Waals surface area contributed by atoms with Crippen molar-refractivity contribution in [1.82, 2.24) is 20.4 Å². The van der Waals surface area contributed by atoms with Crippen molar-refractivity contribution in [2.75, 3.05) is 6.54 Å². The summed E-state index contributed by atoms with van der Waals surface area (Å²) in [5, 5.41) is 8.38. The van der Waals surface area contributed by atoms with Crippen LogP contribution in [0.25, 0.3) is 10.7 Å². The fourth-order valence-electron chi connectivity index (χ4n) is 2.56. The highest BCUT2D eigenvalue weighted by Crippen LogP contribution is 2.26. The van der Waals surface area contributed by atoms with E-state index in [9.17, 15) is 22.8 Å². The van der Waals surface area contributed by atoms with Crippen LogP contribution in [0.2, 0.25) is 0 Å². The van der Waals surface area contributed by atoms with Crippen LogP contribution < -0.4 is 10.9 Å². The number of hydrogen-bond donors (Lipinski definition) is 2. The molecule has 29 heavy (non-hydrogen) atoms. The summed E-state index contributed by atoms with van der Waals surface area (Å²) < 4.78 is 42.8. The highest BCUT2D eigenvalue weighted by molar-refractivity contribution is 7.13. The normalized spacial score (nSPS) is 11.6. The van der Waals surface area contributed by atoms with Crippen molar-refractivity contribution >= 4 is 17.2 Å². The summed E-state index contributed by atoms with van der Waals surface area (Å²) in [5.74, 6) is 0.384. The summed E-state index contributed by atoms with van der Waals surface area (Å²) in [4.78, 5) is 30.5. The third-order valence-corrected chi connectivity index (χ3v) is 4.89. The number of pyridine rings is 1. The summed E-state index contributed by atoms with van der Waals surface area (Å²) in [6.45, 7) is 0.295. The summed E-state index contributed by atoms with van der Waals surface area (Å²) in [5.41, 5.74) is -2.62. The molecule has 2 N–H and O–H groups in total. The van der Waals surface area contributed by atoms with E-state index in [4.69, 9.17) is 4.52 Å². The topological polar surface area (TPSA) is 101 Å². The van der Waals surface area contributed by atoms with Gasteiger partial charge in [0.05, 0.1) is 4.88 Å². The molecule has 0 radical (unpaired) electrons. The second-order valence-corrected chi connectivity index (χ2v) is 7.12. The third kappa shape index (κ3) is 5.53. The van der Waals surface area contributed by atoms with Gasteiger partial charge < -0.3 is 14.8 Å². The number of nitrogens with zero attached hydrogens (tertiary/aromatic N) is 2. The number of alkyl halides is 3. The van der Waals surface area contributed by atoms with Crippen LogP contribution in [-0.2, 0) is 12.6 Å². The summed E-state index contributed by atoms with van der Waals surface area (Å²) in [6, 6.07) is 5.36. The van der Waals surface area contributed by atoms with Crippen molar-refractivity contribution in [1.29, 1.82) is 0 Å². The molecule has 1 amide bonds.